The summed E-state index contributed by atoms with van der Waals surface area (Å²) in [7, 11) is 0. The van der Waals surface area contributed by atoms with Crippen molar-refractivity contribution in [2.24, 2.45) is 5.41 Å². The van der Waals surface area contributed by atoms with Crippen LogP contribution >= 0.6 is 0 Å². The number of ketones is 1. The van der Waals surface area contributed by atoms with Gasteiger partial charge in [0.05, 0.1) is 5.41 Å². The van der Waals surface area contributed by atoms with Crippen molar-refractivity contribution in [1.82, 2.24) is 4.90 Å². The molecule has 4 heteroatoms. The zero-order chi connectivity index (χ0) is 15.3. The molecular formula is C17H19NO3. The molecule has 0 bridgehead atoms. The second kappa shape index (κ2) is 6.39. The zero-order valence-corrected chi connectivity index (χ0v) is 12.1. The Morgan fingerprint density at radius 1 is 1.43 bits per heavy atom. The Kier molecular flexibility index (Phi) is 4.58. The number of benzene rings is 1. The minimum atomic E-state index is -0.623. The van der Waals surface area contributed by atoms with E-state index in [-0.39, 0.29) is 12.4 Å². The highest BCUT2D eigenvalue weighted by molar-refractivity contribution is 5.96. The number of hydrogen-bond donors (Lipinski definition) is 0. The van der Waals surface area contributed by atoms with Gasteiger partial charge >= 0.3 is 6.09 Å². The Morgan fingerprint density at radius 3 is 2.81 bits per heavy atom. The maximum Gasteiger partial charge on any atom is 0.414 e. The van der Waals surface area contributed by atoms with Gasteiger partial charge in [-0.05, 0) is 18.1 Å². The number of allylic oxidation sites excluding steroid dienone is 2. The summed E-state index contributed by atoms with van der Waals surface area (Å²) in [6.07, 6.45) is 4.69. The predicted molar refractivity (Wildman–Crippen MR) is 80.4 cm³/mol. The van der Waals surface area contributed by atoms with Crippen molar-refractivity contribution in [2.45, 2.75) is 20.0 Å². The van der Waals surface area contributed by atoms with Crippen molar-refractivity contribution in [1.29, 1.82) is 0 Å². The van der Waals surface area contributed by atoms with Crippen molar-refractivity contribution in [3.63, 3.8) is 0 Å². The second-order valence-electron chi connectivity index (χ2n) is 5.40. The van der Waals surface area contributed by atoms with Crippen LogP contribution in [-0.4, -0.2) is 23.3 Å². The van der Waals surface area contributed by atoms with Crippen molar-refractivity contribution in [3.8, 4) is 0 Å². The van der Waals surface area contributed by atoms with Crippen LogP contribution in [0, 0.1) is 5.41 Å². The van der Waals surface area contributed by atoms with Crippen LogP contribution in [0.3, 0.4) is 0 Å². The molecule has 1 atom stereocenters. The monoisotopic (exact) mass is 285 g/mol. The van der Waals surface area contributed by atoms with E-state index in [1.54, 1.807) is 6.08 Å². The van der Waals surface area contributed by atoms with Crippen LogP contribution < -0.4 is 0 Å². The van der Waals surface area contributed by atoms with Crippen LogP contribution in [-0.2, 0) is 16.1 Å². The first kappa shape index (κ1) is 15.0. The molecule has 0 saturated heterocycles. The first-order valence-electron chi connectivity index (χ1n) is 6.86. The summed E-state index contributed by atoms with van der Waals surface area (Å²) in [6.45, 7) is 6.03. The summed E-state index contributed by atoms with van der Waals surface area (Å²) >= 11 is 0. The van der Waals surface area contributed by atoms with E-state index in [9.17, 15) is 9.59 Å². The summed E-state index contributed by atoms with van der Waals surface area (Å²) in [4.78, 5) is 25.5. The molecule has 110 valence electrons. The van der Waals surface area contributed by atoms with E-state index in [2.05, 4.69) is 6.58 Å². The average molecular weight is 285 g/mol. The number of nitrogens with zero attached hydrogens (tertiary/aromatic N) is 1. The van der Waals surface area contributed by atoms with Crippen LogP contribution in [0.15, 0.2) is 55.3 Å². The molecule has 0 saturated carbocycles. The molecule has 1 heterocycles. The maximum atomic E-state index is 12.1. The lowest BCUT2D eigenvalue weighted by molar-refractivity contribution is -0.124. The minimum absolute atomic E-state index is 0.00880. The third kappa shape index (κ3) is 3.60. The van der Waals surface area contributed by atoms with Gasteiger partial charge in [0.15, 0.2) is 5.78 Å². The predicted octanol–water partition coefficient (Wildman–Crippen LogP) is 3.30. The van der Waals surface area contributed by atoms with E-state index >= 15 is 0 Å². The van der Waals surface area contributed by atoms with Crippen molar-refractivity contribution in [3.05, 3.63) is 60.8 Å². The summed E-state index contributed by atoms with van der Waals surface area (Å²) < 4.78 is 5.27. The molecule has 1 aromatic rings. The van der Waals surface area contributed by atoms with Crippen molar-refractivity contribution >= 4 is 11.9 Å². The first-order chi connectivity index (χ1) is 10.0. The Bertz CT molecular complexity index is 565. The van der Waals surface area contributed by atoms with Crippen LogP contribution in [0.1, 0.15) is 18.9 Å². The van der Waals surface area contributed by atoms with Crippen molar-refractivity contribution in [2.75, 3.05) is 6.54 Å². The zero-order valence-electron chi connectivity index (χ0n) is 12.1. The summed E-state index contributed by atoms with van der Waals surface area (Å²) in [6, 6.07) is 9.48. The second-order valence-corrected chi connectivity index (χ2v) is 5.40. The van der Waals surface area contributed by atoms with Gasteiger partial charge in [-0.2, -0.15) is 0 Å². The standard InChI is InChI=1S/C17H19NO3/c1-3-10-17(2)13-18(11-9-15(17)19)16(20)21-12-14-7-5-4-6-8-14/h3-9,11H,1,10,12-13H2,2H3/t17-/m1/s1. The number of amides is 1. The summed E-state index contributed by atoms with van der Waals surface area (Å²) in [5.74, 6) is 0.00880. The SMILES string of the molecule is C=CC[C@]1(C)CN(C(=O)OCc2ccccc2)C=CC1=O. The summed E-state index contributed by atoms with van der Waals surface area (Å²) in [5.41, 5.74) is 0.305. The molecule has 0 aliphatic carbocycles. The average Bonchev–Trinajstić information content (AvgIpc) is 2.49. The maximum absolute atomic E-state index is 12.1. The highest BCUT2D eigenvalue weighted by atomic mass is 16.6. The molecule has 1 amide bonds. The van der Waals surface area contributed by atoms with Crippen LogP contribution in [0.5, 0.6) is 0 Å². The molecule has 2 rings (SSSR count). The lowest BCUT2D eigenvalue weighted by Crippen LogP contribution is -2.44. The molecule has 0 aromatic heterocycles. The van der Waals surface area contributed by atoms with Gasteiger partial charge in [0.25, 0.3) is 0 Å². The third-order valence-electron chi connectivity index (χ3n) is 3.55. The molecule has 4 nitrogen and oxygen atoms in total. The van der Waals surface area contributed by atoms with Gasteiger partial charge < -0.3 is 4.74 Å². The normalized spacial score (nSPS) is 21.2. The lowest BCUT2D eigenvalue weighted by atomic mass is 9.80. The molecule has 1 aliphatic rings. The van der Waals surface area contributed by atoms with E-state index < -0.39 is 11.5 Å². The van der Waals surface area contributed by atoms with Crippen LogP contribution in [0.2, 0.25) is 0 Å². The van der Waals surface area contributed by atoms with E-state index in [4.69, 9.17) is 4.74 Å². The summed E-state index contributed by atoms with van der Waals surface area (Å²) in [5, 5.41) is 0. The Balaban J connectivity index is 1.98. The molecule has 0 unspecified atom stereocenters. The van der Waals surface area contributed by atoms with E-state index in [1.165, 1.54) is 17.2 Å². The van der Waals surface area contributed by atoms with E-state index in [0.29, 0.717) is 13.0 Å². The number of carbonyl (C=O) groups excluding carboxylic acids is 2. The fourth-order valence-corrected chi connectivity index (χ4v) is 2.28. The fraction of sp³-hybridized carbons (Fsp3) is 0.294. The molecule has 1 aromatic carbocycles. The number of ether oxygens (including phenoxy) is 1. The topological polar surface area (TPSA) is 46.6 Å². The molecule has 0 radical (unpaired) electrons. The van der Waals surface area contributed by atoms with Crippen LogP contribution in [0.25, 0.3) is 0 Å². The number of rotatable bonds is 4. The molecule has 1 aliphatic heterocycles. The quantitative estimate of drug-likeness (QED) is 0.797. The number of carbonyl (C=O) groups is 2. The first-order valence-corrected chi connectivity index (χ1v) is 6.86. The smallest absolute Gasteiger partial charge is 0.414 e. The molecule has 0 spiro atoms. The van der Waals surface area contributed by atoms with Gasteiger partial charge in [-0.3, -0.25) is 9.69 Å². The van der Waals surface area contributed by atoms with E-state index in [1.807, 2.05) is 37.3 Å². The van der Waals surface area contributed by atoms with Gasteiger partial charge in [-0.15, -0.1) is 6.58 Å². The largest absolute Gasteiger partial charge is 0.444 e. The minimum Gasteiger partial charge on any atom is -0.444 e. The van der Waals surface area contributed by atoms with Crippen molar-refractivity contribution < 1.29 is 14.3 Å². The number of hydrogen-bond acceptors (Lipinski definition) is 3. The Labute approximate surface area is 124 Å². The van der Waals surface area contributed by atoms with Gasteiger partial charge in [-0.1, -0.05) is 43.3 Å². The van der Waals surface area contributed by atoms with E-state index in [0.717, 1.165) is 5.56 Å². The molecule has 0 fully saturated rings. The Morgan fingerprint density at radius 2 is 2.14 bits per heavy atom. The fourth-order valence-electron chi connectivity index (χ4n) is 2.28. The van der Waals surface area contributed by atoms with Crippen LogP contribution in [0.4, 0.5) is 4.79 Å². The highest BCUT2D eigenvalue weighted by Gasteiger charge is 2.36. The van der Waals surface area contributed by atoms with Gasteiger partial charge in [0.1, 0.15) is 6.61 Å². The molecule has 21 heavy (non-hydrogen) atoms. The van der Waals surface area contributed by atoms with Gasteiger partial charge in [0.2, 0.25) is 0 Å². The van der Waals surface area contributed by atoms with Gasteiger partial charge in [0, 0.05) is 12.7 Å². The lowest BCUT2D eigenvalue weighted by Gasteiger charge is -2.34. The Hall–Kier alpha value is -2.36. The van der Waals surface area contributed by atoms with Gasteiger partial charge in [-0.25, -0.2) is 4.79 Å². The molecular weight excluding hydrogens is 266 g/mol. The molecule has 0 N–H and O–H groups in total. The highest BCUT2D eigenvalue weighted by Crippen LogP contribution is 2.29. The third-order valence-corrected chi connectivity index (χ3v) is 3.55.